The highest BCUT2D eigenvalue weighted by atomic mass is 35.5. The van der Waals surface area contributed by atoms with Crippen LogP contribution in [-0.4, -0.2) is 52.1 Å². The standard InChI is InChI=1S/C23H24ClN5O3S/c1-15-13-20(30)25-18-5-3-4-6-19(18)29(15)21(31)14-33-23-27-26-22(28(23)11-12-32-2)16-7-9-17(24)10-8-16/h3-10,15H,11-14H2,1-2H3,(H,25,30). The van der Waals surface area contributed by atoms with Crippen LogP contribution >= 0.6 is 23.4 Å². The van der Waals surface area contributed by atoms with Crippen LogP contribution in [0.5, 0.6) is 0 Å². The molecule has 0 bridgehead atoms. The summed E-state index contributed by atoms with van der Waals surface area (Å²) in [6.45, 7) is 2.90. The van der Waals surface area contributed by atoms with Crippen LogP contribution < -0.4 is 10.2 Å². The summed E-state index contributed by atoms with van der Waals surface area (Å²) in [4.78, 5) is 27.2. The van der Waals surface area contributed by atoms with E-state index in [-0.39, 0.29) is 30.0 Å². The van der Waals surface area contributed by atoms with Gasteiger partial charge in [0.05, 0.1) is 30.3 Å². The number of hydrogen-bond acceptors (Lipinski definition) is 6. The number of benzene rings is 2. The zero-order valence-corrected chi connectivity index (χ0v) is 19.9. The number of amides is 2. The molecule has 172 valence electrons. The average molecular weight is 486 g/mol. The Morgan fingerprint density at radius 2 is 1.97 bits per heavy atom. The maximum absolute atomic E-state index is 13.3. The Morgan fingerprint density at radius 3 is 2.73 bits per heavy atom. The third-order valence-electron chi connectivity index (χ3n) is 5.29. The molecular formula is C23H24ClN5O3S. The first kappa shape index (κ1) is 23.3. The summed E-state index contributed by atoms with van der Waals surface area (Å²) in [5.41, 5.74) is 2.21. The number of carbonyl (C=O) groups is 2. The first-order valence-corrected chi connectivity index (χ1v) is 11.9. The highest BCUT2D eigenvalue weighted by Gasteiger charge is 2.30. The molecule has 1 aliphatic rings. The topological polar surface area (TPSA) is 89.4 Å². The fourth-order valence-electron chi connectivity index (χ4n) is 3.76. The van der Waals surface area contributed by atoms with Crippen LogP contribution in [0.4, 0.5) is 11.4 Å². The molecule has 2 amide bonds. The number of hydrogen-bond donors (Lipinski definition) is 1. The van der Waals surface area contributed by atoms with Crippen LogP contribution in [0.25, 0.3) is 11.4 Å². The zero-order valence-electron chi connectivity index (χ0n) is 18.3. The molecule has 1 aliphatic heterocycles. The normalized spacial score (nSPS) is 15.7. The van der Waals surface area contributed by atoms with Crippen molar-refractivity contribution in [2.75, 3.05) is 29.7 Å². The number of nitrogens with one attached hydrogen (secondary N) is 1. The molecular weight excluding hydrogens is 462 g/mol. The van der Waals surface area contributed by atoms with E-state index in [1.807, 2.05) is 41.8 Å². The molecule has 2 heterocycles. The summed E-state index contributed by atoms with van der Waals surface area (Å²) in [7, 11) is 1.64. The third-order valence-corrected chi connectivity index (χ3v) is 6.49. The van der Waals surface area contributed by atoms with E-state index in [1.54, 1.807) is 30.2 Å². The Labute approximate surface area is 201 Å². The lowest BCUT2D eigenvalue weighted by molar-refractivity contribution is -0.117. The Morgan fingerprint density at radius 1 is 1.21 bits per heavy atom. The number of fused-ring (bicyclic) bond motifs is 1. The van der Waals surface area contributed by atoms with E-state index in [1.165, 1.54) is 11.8 Å². The number of halogens is 1. The molecule has 1 unspecified atom stereocenters. The third kappa shape index (κ3) is 5.21. The second-order valence-electron chi connectivity index (χ2n) is 7.63. The van der Waals surface area contributed by atoms with Gasteiger partial charge in [0.1, 0.15) is 0 Å². The van der Waals surface area contributed by atoms with E-state index < -0.39 is 0 Å². The van der Waals surface area contributed by atoms with Gasteiger partial charge in [0, 0.05) is 30.2 Å². The van der Waals surface area contributed by atoms with Gasteiger partial charge in [-0.15, -0.1) is 10.2 Å². The molecule has 3 aromatic rings. The Balaban J connectivity index is 1.57. The van der Waals surface area contributed by atoms with Crippen molar-refractivity contribution >= 4 is 46.6 Å². The minimum absolute atomic E-state index is 0.106. The molecule has 0 saturated carbocycles. The lowest BCUT2D eigenvalue weighted by Crippen LogP contribution is -2.40. The largest absolute Gasteiger partial charge is 0.383 e. The molecule has 0 aliphatic carbocycles. The van der Waals surface area contributed by atoms with E-state index in [9.17, 15) is 9.59 Å². The van der Waals surface area contributed by atoms with Crippen molar-refractivity contribution < 1.29 is 14.3 Å². The van der Waals surface area contributed by atoms with E-state index in [0.717, 1.165) is 5.56 Å². The van der Waals surface area contributed by atoms with Gasteiger partial charge in [-0.05, 0) is 43.3 Å². The summed E-state index contributed by atoms with van der Waals surface area (Å²) in [6, 6.07) is 14.5. The summed E-state index contributed by atoms with van der Waals surface area (Å²) in [6.07, 6.45) is 0.232. The predicted molar refractivity (Wildman–Crippen MR) is 130 cm³/mol. The van der Waals surface area contributed by atoms with E-state index in [4.69, 9.17) is 16.3 Å². The monoisotopic (exact) mass is 485 g/mol. The van der Waals surface area contributed by atoms with Crippen molar-refractivity contribution in [2.24, 2.45) is 0 Å². The van der Waals surface area contributed by atoms with E-state index in [2.05, 4.69) is 15.5 Å². The number of thioether (sulfide) groups is 1. The number of methoxy groups -OCH3 is 1. The summed E-state index contributed by atoms with van der Waals surface area (Å²) < 4.78 is 7.20. The minimum Gasteiger partial charge on any atom is -0.383 e. The molecule has 1 aromatic heterocycles. The molecule has 2 aromatic carbocycles. The number of aromatic nitrogens is 3. The lowest BCUT2D eigenvalue weighted by atomic mass is 10.2. The number of para-hydroxylation sites is 2. The molecule has 0 fully saturated rings. The molecule has 8 nitrogen and oxygen atoms in total. The molecule has 0 radical (unpaired) electrons. The summed E-state index contributed by atoms with van der Waals surface area (Å²) in [5.74, 6) is 0.621. The number of anilines is 2. The SMILES string of the molecule is COCCn1c(SCC(=O)N2c3ccccc3NC(=O)CC2C)nnc1-c1ccc(Cl)cc1. The lowest BCUT2D eigenvalue weighted by Gasteiger charge is -2.27. The smallest absolute Gasteiger partial charge is 0.237 e. The zero-order chi connectivity index (χ0) is 23.4. The van der Waals surface area contributed by atoms with Gasteiger partial charge in [-0.3, -0.25) is 14.2 Å². The van der Waals surface area contributed by atoms with Crippen molar-refractivity contribution in [1.82, 2.24) is 14.8 Å². The van der Waals surface area contributed by atoms with E-state index in [0.29, 0.717) is 40.5 Å². The molecule has 10 heteroatoms. The van der Waals surface area contributed by atoms with Gasteiger partial charge in [-0.2, -0.15) is 0 Å². The Kier molecular flexibility index (Phi) is 7.32. The quantitative estimate of drug-likeness (QED) is 0.507. The number of carbonyl (C=O) groups excluding carboxylic acids is 2. The molecule has 0 spiro atoms. The van der Waals surface area contributed by atoms with E-state index >= 15 is 0 Å². The molecule has 1 atom stereocenters. The number of rotatable bonds is 7. The van der Waals surface area contributed by atoms with Crippen molar-refractivity contribution in [3.63, 3.8) is 0 Å². The van der Waals surface area contributed by atoms with Crippen LogP contribution in [0, 0.1) is 0 Å². The number of nitrogens with zero attached hydrogens (tertiary/aromatic N) is 4. The van der Waals surface area contributed by atoms with Gasteiger partial charge in [0.2, 0.25) is 11.8 Å². The number of ether oxygens (including phenoxy) is 1. The summed E-state index contributed by atoms with van der Waals surface area (Å²) >= 11 is 7.33. The van der Waals surface area contributed by atoms with Gasteiger partial charge in [0.15, 0.2) is 11.0 Å². The van der Waals surface area contributed by atoms with Crippen LogP contribution in [0.1, 0.15) is 13.3 Å². The maximum Gasteiger partial charge on any atom is 0.237 e. The average Bonchev–Trinajstić information content (AvgIpc) is 3.14. The van der Waals surface area contributed by atoms with Crippen molar-refractivity contribution in [2.45, 2.75) is 31.1 Å². The molecule has 33 heavy (non-hydrogen) atoms. The van der Waals surface area contributed by atoms with Crippen LogP contribution in [0.3, 0.4) is 0 Å². The summed E-state index contributed by atoms with van der Waals surface area (Å²) in [5, 5.41) is 12.8. The van der Waals surface area contributed by atoms with Gasteiger partial charge >= 0.3 is 0 Å². The second-order valence-corrected chi connectivity index (χ2v) is 9.01. The first-order chi connectivity index (χ1) is 16.0. The maximum atomic E-state index is 13.3. The van der Waals surface area contributed by atoms with Crippen LogP contribution in [0.2, 0.25) is 5.02 Å². The highest BCUT2D eigenvalue weighted by Crippen LogP contribution is 2.32. The fourth-order valence-corrected chi connectivity index (χ4v) is 4.71. The van der Waals surface area contributed by atoms with Crippen molar-refractivity contribution in [1.29, 1.82) is 0 Å². The highest BCUT2D eigenvalue weighted by molar-refractivity contribution is 7.99. The minimum atomic E-state index is -0.266. The molecule has 1 N–H and O–H groups in total. The fraction of sp³-hybridized carbons (Fsp3) is 0.304. The van der Waals surface area contributed by atoms with Crippen LogP contribution in [0.15, 0.2) is 53.7 Å². The van der Waals surface area contributed by atoms with Gasteiger partial charge in [-0.1, -0.05) is 35.5 Å². The van der Waals surface area contributed by atoms with Crippen molar-refractivity contribution in [3.05, 3.63) is 53.6 Å². The van der Waals surface area contributed by atoms with Gasteiger partial charge < -0.3 is 15.0 Å². The molecule has 0 saturated heterocycles. The molecule has 4 rings (SSSR count). The first-order valence-electron chi connectivity index (χ1n) is 10.5. The van der Waals surface area contributed by atoms with Crippen LogP contribution in [-0.2, 0) is 20.9 Å². The Bertz CT molecular complexity index is 1150. The van der Waals surface area contributed by atoms with Crippen molar-refractivity contribution in [3.8, 4) is 11.4 Å². The Hall–Kier alpha value is -2.88. The van der Waals surface area contributed by atoms with Gasteiger partial charge in [0.25, 0.3) is 0 Å². The second kappa shape index (κ2) is 10.4. The van der Waals surface area contributed by atoms with Gasteiger partial charge in [-0.25, -0.2) is 0 Å². The predicted octanol–water partition coefficient (Wildman–Crippen LogP) is 4.10.